The number of halogens is 2. The molecular weight excluding hydrogens is 265 g/mol. The van der Waals surface area contributed by atoms with E-state index in [1.54, 1.807) is 6.92 Å². The minimum Gasteiger partial charge on any atom is -0.390 e. The summed E-state index contributed by atoms with van der Waals surface area (Å²) >= 11 is 6.01. The first-order valence-electron chi connectivity index (χ1n) is 6.67. The van der Waals surface area contributed by atoms with Gasteiger partial charge in [-0.15, -0.1) is 0 Å². The molecule has 1 rings (SSSR count). The molecule has 1 unspecified atom stereocenters. The molecule has 0 aliphatic carbocycles. The average molecular weight is 288 g/mol. The van der Waals surface area contributed by atoms with Crippen LogP contribution in [0.15, 0.2) is 18.2 Å². The first kappa shape index (κ1) is 16.4. The number of benzene rings is 1. The molecule has 4 heteroatoms. The van der Waals surface area contributed by atoms with Gasteiger partial charge in [0, 0.05) is 11.4 Å². The van der Waals surface area contributed by atoms with Crippen LogP contribution in [-0.4, -0.2) is 23.8 Å². The number of hydrogen-bond donors (Lipinski definition) is 2. The van der Waals surface area contributed by atoms with Crippen LogP contribution in [0.2, 0.25) is 5.02 Å². The lowest BCUT2D eigenvalue weighted by Gasteiger charge is -2.24. The van der Waals surface area contributed by atoms with Crippen LogP contribution in [0.5, 0.6) is 0 Å². The highest BCUT2D eigenvalue weighted by atomic mass is 35.5. The van der Waals surface area contributed by atoms with Crippen LogP contribution < -0.4 is 5.32 Å². The molecular formula is C15H23ClFNO. The number of rotatable bonds is 7. The molecule has 0 saturated carbocycles. The maximum Gasteiger partial charge on any atom is 0.123 e. The third-order valence-corrected chi connectivity index (χ3v) is 3.34. The van der Waals surface area contributed by atoms with Gasteiger partial charge in [0.1, 0.15) is 5.82 Å². The summed E-state index contributed by atoms with van der Waals surface area (Å²) in [7, 11) is 0. The highest BCUT2D eigenvalue weighted by molar-refractivity contribution is 6.31. The molecule has 0 spiro atoms. The maximum absolute atomic E-state index is 13.2. The van der Waals surface area contributed by atoms with E-state index < -0.39 is 5.60 Å². The minimum absolute atomic E-state index is 0.326. The second kappa shape index (κ2) is 7.22. The first-order chi connectivity index (χ1) is 8.80. The fourth-order valence-electron chi connectivity index (χ4n) is 1.93. The second-order valence-electron chi connectivity index (χ2n) is 5.76. The zero-order valence-corrected chi connectivity index (χ0v) is 12.6. The van der Waals surface area contributed by atoms with E-state index in [1.807, 2.05) is 0 Å². The summed E-state index contributed by atoms with van der Waals surface area (Å²) in [5.41, 5.74) is -0.239. The van der Waals surface area contributed by atoms with Crippen LogP contribution in [0.3, 0.4) is 0 Å². The molecule has 108 valence electrons. The maximum atomic E-state index is 13.2. The molecule has 0 bridgehead atoms. The Morgan fingerprint density at radius 2 is 2.11 bits per heavy atom. The van der Waals surface area contributed by atoms with Crippen LogP contribution in [0.1, 0.15) is 32.8 Å². The monoisotopic (exact) mass is 287 g/mol. The van der Waals surface area contributed by atoms with Crippen molar-refractivity contribution in [3.8, 4) is 0 Å². The molecule has 0 aliphatic heterocycles. The van der Waals surface area contributed by atoms with Crippen molar-refractivity contribution in [2.24, 2.45) is 5.92 Å². The standard InChI is InChI=1S/C15H23ClFNO/c1-11(2)10-18-7-6-15(3,19)9-12-8-13(17)4-5-14(12)16/h4-5,8,11,18-19H,6-7,9-10H2,1-3H3. The van der Waals surface area contributed by atoms with Gasteiger partial charge in [0.25, 0.3) is 0 Å². The Morgan fingerprint density at radius 3 is 2.74 bits per heavy atom. The lowest BCUT2D eigenvalue weighted by Crippen LogP contribution is -2.33. The highest BCUT2D eigenvalue weighted by Crippen LogP contribution is 2.23. The fraction of sp³-hybridized carbons (Fsp3) is 0.600. The lowest BCUT2D eigenvalue weighted by atomic mass is 9.93. The quantitative estimate of drug-likeness (QED) is 0.753. The summed E-state index contributed by atoms with van der Waals surface area (Å²) in [4.78, 5) is 0. The third-order valence-electron chi connectivity index (χ3n) is 2.97. The van der Waals surface area contributed by atoms with Gasteiger partial charge in [0.15, 0.2) is 0 Å². The molecule has 1 atom stereocenters. The highest BCUT2D eigenvalue weighted by Gasteiger charge is 2.22. The van der Waals surface area contributed by atoms with Crippen molar-refractivity contribution in [3.05, 3.63) is 34.6 Å². The molecule has 0 amide bonds. The summed E-state index contributed by atoms with van der Waals surface area (Å²) in [5.74, 6) is 0.260. The van der Waals surface area contributed by atoms with Gasteiger partial charge in [-0.2, -0.15) is 0 Å². The van der Waals surface area contributed by atoms with Crippen LogP contribution in [0.4, 0.5) is 4.39 Å². The summed E-state index contributed by atoms with van der Waals surface area (Å²) in [6.07, 6.45) is 0.958. The van der Waals surface area contributed by atoms with Crippen LogP contribution >= 0.6 is 11.6 Å². The smallest absolute Gasteiger partial charge is 0.123 e. The van der Waals surface area contributed by atoms with E-state index >= 15 is 0 Å². The molecule has 0 aliphatic rings. The summed E-state index contributed by atoms with van der Waals surface area (Å²) in [5, 5.41) is 14.1. The summed E-state index contributed by atoms with van der Waals surface area (Å²) in [6.45, 7) is 7.69. The Morgan fingerprint density at radius 1 is 1.42 bits per heavy atom. The molecule has 19 heavy (non-hydrogen) atoms. The fourth-order valence-corrected chi connectivity index (χ4v) is 2.11. The van der Waals surface area contributed by atoms with Gasteiger partial charge < -0.3 is 10.4 Å². The van der Waals surface area contributed by atoms with Crippen molar-refractivity contribution in [3.63, 3.8) is 0 Å². The average Bonchev–Trinajstić information content (AvgIpc) is 2.29. The summed E-state index contributed by atoms with van der Waals surface area (Å²) in [6, 6.07) is 4.24. The van der Waals surface area contributed by atoms with Gasteiger partial charge in [0.05, 0.1) is 5.60 Å². The normalized spacial score (nSPS) is 14.7. The predicted octanol–water partition coefficient (Wildman–Crippen LogP) is 3.41. The van der Waals surface area contributed by atoms with Gasteiger partial charge in [-0.05, 0) is 56.1 Å². The molecule has 1 aromatic carbocycles. The molecule has 0 heterocycles. The van der Waals surface area contributed by atoms with Crippen LogP contribution in [0.25, 0.3) is 0 Å². The Bertz CT molecular complexity index is 407. The Hall–Kier alpha value is -0.640. The van der Waals surface area contributed by atoms with E-state index in [1.165, 1.54) is 18.2 Å². The number of hydrogen-bond acceptors (Lipinski definition) is 2. The number of aliphatic hydroxyl groups is 1. The Labute approximate surface area is 120 Å². The Balaban J connectivity index is 2.51. The van der Waals surface area contributed by atoms with E-state index in [2.05, 4.69) is 19.2 Å². The zero-order valence-electron chi connectivity index (χ0n) is 11.8. The first-order valence-corrected chi connectivity index (χ1v) is 7.05. The minimum atomic E-state index is -0.887. The molecule has 1 aromatic rings. The molecule has 0 fully saturated rings. The topological polar surface area (TPSA) is 32.3 Å². The second-order valence-corrected chi connectivity index (χ2v) is 6.16. The molecule has 2 nitrogen and oxygen atoms in total. The predicted molar refractivity (Wildman–Crippen MR) is 78.1 cm³/mol. The molecule has 0 radical (unpaired) electrons. The van der Waals surface area contributed by atoms with Crippen molar-refractivity contribution in [1.82, 2.24) is 5.32 Å². The van der Waals surface area contributed by atoms with E-state index in [0.29, 0.717) is 29.3 Å². The zero-order chi connectivity index (χ0) is 14.5. The van der Waals surface area contributed by atoms with Crippen LogP contribution in [0, 0.1) is 11.7 Å². The van der Waals surface area contributed by atoms with E-state index in [-0.39, 0.29) is 5.82 Å². The lowest BCUT2D eigenvalue weighted by molar-refractivity contribution is 0.0513. The largest absolute Gasteiger partial charge is 0.390 e. The molecule has 2 N–H and O–H groups in total. The van der Waals surface area contributed by atoms with Crippen molar-refractivity contribution in [1.29, 1.82) is 0 Å². The van der Waals surface area contributed by atoms with E-state index in [0.717, 1.165) is 13.1 Å². The third kappa shape index (κ3) is 6.37. The molecule has 0 saturated heterocycles. The van der Waals surface area contributed by atoms with Gasteiger partial charge in [0.2, 0.25) is 0 Å². The number of nitrogens with one attached hydrogen (secondary N) is 1. The molecule has 0 aromatic heterocycles. The SMILES string of the molecule is CC(C)CNCCC(C)(O)Cc1cc(F)ccc1Cl. The van der Waals surface area contributed by atoms with Crippen molar-refractivity contribution in [2.75, 3.05) is 13.1 Å². The van der Waals surface area contributed by atoms with E-state index in [9.17, 15) is 9.50 Å². The van der Waals surface area contributed by atoms with Crippen molar-refractivity contribution >= 4 is 11.6 Å². The van der Waals surface area contributed by atoms with Crippen LogP contribution in [-0.2, 0) is 6.42 Å². The van der Waals surface area contributed by atoms with Gasteiger partial charge in [-0.25, -0.2) is 4.39 Å². The van der Waals surface area contributed by atoms with Crippen molar-refractivity contribution < 1.29 is 9.50 Å². The van der Waals surface area contributed by atoms with Gasteiger partial charge in [-0.1, -0.05) is 25.4 Å². The van der Waals surface area contributed by atoms with Gasteiger partial charge >= 0.3 is 0 Å². The van der Waals surface area contributed by atoms with Gasteiger partial charge in [-0.3, -0.25) is 0 Å². The summed E-state index contributed by atoms with van der Waals surface area (Å²) < 4.78 is 13.2. The van der Waals surface area contributed by atoms with E-state index in [4.69, 9.17) is 11.6 Å². The van der Waals surface area contributed by atoms with Crippen molar-refractivity contribution in [2.45, 2.75) is 39.2 Å². The Kier molecular flexibility index (Phi) is 6.24.